The van der Waals surface area contributed by atoms with Crippen molar-refractivity contribution in [3.8, 4) is 6.07 Å². The van der Waals surface area contributed by atoms with E-state index in [-0.39, 0.29) is 22.7 Å². The summed E-state index contributed by atoms with van der Waals surface area (Å²) < 4.78 is 1.58. The maximum absolute atomic E-state index is 13.4. The molecule has 0 saturated heterocycles. The summed E-state index contributed by atoms with van der Waals surface area (Å²) in [4.78, 5) is 28.1. The van der Waals surface area contributed by atoms with Crippen LogP contribution in [0, 0.1) is 17.2 Å². The molecule has 8 heteroatoms. The van der Waals surface area contributed by atoms with Gasteiger partial charge in [-0.05, 0) is 68.5 Å². The summed E-state index contributed by atoms with van der Waals surface area (Å²) in [6.07, 6.45) is 4.01. The van der Waals surface area contributed by atoms with Crippen LogP contribution >= 0.6 is 0 Å². The second-order valence-electron chi connectivity index (χ2n) is 9.75. The highest BCUT2D eigenvalue weighted by molar-refractivity contribution is 6.15. The van der Waals surface area contributed by atoms with Gasteiger partial charge in [0.05, 0.1) is 29.9 Å². The number of amides is 2. The summed E-state index contributed by atoms with van der Waals surface area (Å²) in [6.45, 7) is 6.26. The molecule has 5 rings (SSSR count). The van der Waals surface area contributed by atoms with Crippen LogP contribution in [-0.2, 0) is 13.1 Å². The maximum atomic E-state index is 13.4. The van der Waals surface area contributed by atoms with Gasteiger partial charge in [0.15, 0.2) is 0 Å². The van der Waals surface area contributed by atoms with Crippen molar-refractivity contribution in [1.82, 2.24) is 15.1 Å². The molecule has 2 amide bonds. The molecular formula is C27H28N6O2. The third-order valence-corrected chi connectivity index (χ3v) is 6.91. The molecule has 0 bridgehead atoms. The van der Waals surface area contributed by atoms with Crippen LogP contribution in [-0.4, -0.2) is 33.7 Å². The van der Waals surface area contributed by atoms with Gasteiger partial charge in [-0.25, -0.2) is 0 Å². The van der Waals surface area contributed by atoms with Gasteiger partial charge in [0.25, 0.3) is 11.8 Å². The number of anilines is 2. The van der Waals surface area contributed by atoms with Gasteiger partial charge in [-0.2, -0.15) is 10.4 Å². The number of nitriles is 1. The van der Waals surface area contributed by atoms with Crippen LogP contribution in [0.15, 0.2) is 54.7 Å². The molecule has 0 radical (unpaired) electrons. The van der Waals surface area contributed by atoms with Gasteiger partial charge in [0.1, 0.15) is 5.69 Å². The lowest BCUT2D eigenvalue weighted by Crippen LogP contribution is -2.41. The fraction of sp³-hybridized carbons (Fsp3) is 0.333. The van der Waals surface area contributed by atoms with Crippen molar-refractivity contribution in [3.05, 3.63) is 77.1 Å². The fourth-order valence-electron chi connectivity index (χ4n) is 4.56. The Labute approximate surface area is 204 Å². The molecular weight excluding hydrogens is 440 g/mol. The minimum absolute atomic E-state index is 0.132. The van der Waals surface area contributed by atoms with E-state index in [0.29, 0.717) is 24.3 Å². The Balaban J connectivity index is 1.30. The second-order valence-corrected chi connectivity index (χ2v) is 9.75. The van der Waals surface area contributed by atoms with E-state index in [1.807, 2.05) is 24.3 Å². The molecule has 1 saturated carbocycles. The van der Waals surface area contributed by atoms with Crippen molar-refractivity contribution >= 4 is 23.2 Å². The number of aromatic nitrogens is 2. The zero-order chi connectivity index (χ0) is 24.6. The molecule has 2 N–H and O–H groups in total. The van der Waals surface area contributed by atoms with Gasteiger partial charge in [0, 0.05) is 30.0 Å². The zero-order valence-electron chi connectivity index (χ0n) is 19.9. The summed E-state index contributed by atoms with van der Waals surface area (Å²) in [5.74, 6) is 0.0564. The van der Waals surface area contributed by atoms with Gasteiger partial charge in [-0.3, -0.25) is 14.3 Å². The molecule has 0 spiro atoms. The molecule has 1 aromatic heterocycles. The Bertz CT molecular complexity index is 1310. The zero-order valence-corrected chi connectivity index (χ0v) is 19.9. The van der Waals surface area contributed by atoms with E-state index in [1.54, 1.807) is 33.8 Å². The molecule has 2 aliphatic rings. The third kappa shape index (κ3) is 4.68. The number of nitrogens with zero attached hydrogens (tertiary/aromatic N) is 4. The Morgan fingerprint density at radius 3 is 2.66 bits per heavy atom. The molecule has 0 unspecified atom stereocenters. The predicted octanol–water partition coefficient (Wildman–Crippen LogP) is 3.95. The molecule has 178 valence electrons. The van der Waals surface area contributed by atoms with E-state index < -0.39 is 5.91 Å². The number of fused-ring (bicyclic) bond motifs is 1. The first kappa shape index (κ1) is 22.8. The van der Waals surface area contributed by atoms with Crippen LogP contribution in [0.2, 0.25) is 0 Å². The lowest BCUT2D eigenvalue weighted by Gasteiger charge is -2.29. The molecule has 1 aliphatic carbocycles. The molecule has 8 nitrogen and oxygen atoms in total. The van der Waals surface area contributed by atoms with Crippen LogP contribution in [0.25, 0.3) is 0 Å². The van der Waals surface area contributed by atoms with Gasteiger partial charge in [-0.1, -0.05) is 18.2 Å². The number of carbonyl (C=O) groups is 2. The van der Waals surface area contributed by atoms with Gasteiger partial charge in [-0.15, -0.1) is 0 Å². The first-order chi connectivity index (χ1) is 16.9. The quantitative estimate of drug-likeness (QED) is 0.547. The SMILES string of the molecule is CC(C)(NCc1ccc(N2CCn3ncc(C(=O)Nc4cccc(C#N)c4)c3C2=O)cc1)C1CC1. The first-order valence-electron chi connectivity index (χ1n) is 11.9. The average Bonchev–Trinajstić information content (AvgIpc) is 3.64. The number of benzene rings is 2. The molecule has 1 aliphatic heterocycles. The summed E-state index contributed by atoms with van der Waals surface area (Å²) in [5, 5.41) is 19.8. The Morgan fingerprint density at radius 2 is 1.94 bits per heavy atom. The summed E-state index contributed by atoms with van der Waals surface area (Å²) >= 11 is 0. The first-order valence-corrected chi connectivity index (χ1v) is 11.9. The van der Waals surface area contributed by atoms with Crippen LogP contribution in [0.1, 0.15) is 58.7 Å². The second kappa shape index (κ2) is 9.01. The Morgan fingerprint density at radius 1 is 1.17 bits per heavy atom. The topological polar surface area (TPSA) is 103 Å². The van der Waals surface area contributed by atoms with Crippen molar-refractivity contribution in [2.24, 2.45) is 5.92 Å². The molecule has 0 atom stereocenters. The molecule has 35 heavy (non-hydrogen) atoms. The van der Waals surface area contributed by atoms with Crippen molar-refractivity contribution in [2.45, 2.75) is 45.3 Å². The minimum Gasteiger partial charge on any atom is -0.322 e. The van der Waals surface area contributed by atoms with Crippen molar-refractivity contribution in [1.29, 1.82) is 5.26 Å². The van der Waals surface area contributed by atoms with Crippen molar-refractivity contribution < 1.29 is 9.59 Å². The van der Waals surface area contributed by atoms with Gasteiger partial charge < -0.3 is 15.5 Å². The van der Waals surface area contributed by atoms with E-state index >= 15 is 0 Å². The van der Waals surface area contributed by atoms with Crippen LogP contribution in [0.3, 0.4) is 0 Å². The number of hydrogen-bond acceptors (Lipinski definition) is 5. The number of nitrogens with one attached hydrogen (secondary N) is 2. The monoisotopic (exact) mass is 468 g/mol. The molecule has 2 aromatic carbocycles. The van der Waals surface area contributed by atoms with E-state index in [9.17, 15) is 9.59 Å². The number of carbonyl (C=O) groups excluding carboxylic acids is 2. The van der Waals surface area contributed by atoms with Crippen molar-refractivity contribution in [3.63, 3.8) is 0 Å². The predicted molar refractivity (Wildman–Crippen MR) is 133 cm³/mol. The smallest absolute Gasteiger partial charge is 0.277 e. The standard InChI is InChI=1S/C27H28N6O2/c1-27(2,20-8-9-20)29-16-18-6-10-22(11-7-18)32-12-13-33-24(26(32)35)23(17-30-33)25(34)31-21-5-3-4-19(14-21)15-28/h3-7,10-11,14,17,20,29H,8-9,12-13,16H2,1-2H3,(H,31,34). The average molecular weight is 469 g/mol. The molecule has 2 heterocycles. The van der Waals surface area contributed by atoms with E-state index in [2.05, 4.69) is 35.6 Å². The fourth-order valence-corrected chi connectivity index (χ4v) is 4.56. The largest absolute Gasteiger partial charge is 0.322 e. The van der Waals surface area contributed by atoms with Gasteiger partial charge >= 0.3 is 0 Å². The molecule has 3 aromatic rings. The van der Waals surface area contributed by atoms with E-state index in [0.717, 1.165) is 23.7 Å². The van der Waals surface area contributed by atoms with Crippen LogP contribution < -0.4 is 15.5 Å². The summed E-state index contributed by atoms with van der Waals surface area (Å²) in [5.41, 5.74) is 3.50. The van der Waals surface area contributed by atoms with Crippen LogP contribution in [0.4, 0.5) is 11.4 Å². The van der Waals surface area contributed by atoms with E-state index in [1.165, 1.54) is 19.0 Å². The molecule has 1 fully saturated rings. The lowest BCUT2D eigenvalue weighted by atomic mass is 9.98. The van der Waals surface area contributed by atoms with E-state index in [4.69, 9.17) is 5.26 Å². The summed E-state index contributed by atoms with van der Waals surface area (Å²) in [7, 11) is 0. The Hall–Kier alpha value is -3.96. The Kier molecular flexibility index (Phi) is 5.87. The summed E-state index contributed by atoms with van der Waals surface area (Å²) in [6, 6.07) is 16.7. The normalized spacial score (nSPS) is 15.5. The lowest BCUT2D eigenvalue weighted by molar-refractivity contribution is 0.0947. The van der Waals surface area contributed by atoms with Crippen molar-refractivity contribution in [2.75, 3.05) is 16.8 Å². The highest BCUT2D eigenvalue weighted by Crippen LogP contribution is 2.39. The maximum Gasteiger partial charge on any atom is 0.277 e. The van der Waals surface area contributed by atoms with Gasteiger partial charge in [0.2, 0.25) is 0 Å². The highest BCUT2D eigenvalue weighted by Gasteiger charge is 2.37. The number of rotatable bonds is 7. The number of hydrogen-bond donors (Lipinski definition) is 2. The third-order valence-electron chi connectivity index (χ3n) is 6.91. The minimum atomic E-state index is -0.434. The highest BCUT2D eigenvalue weighted by atomic mass is 16.2. The van der Waals surface area contributed by atoms with Crippen LogP contribution in [0.5, 0.6) is 0 Å².